The van der Waals surface area contributed by atoms with Crippen LogP contribution in [0.4, 0.5) is 0 Å². The van der Waals surface area contributed by atoms with E-state index < -0.39 is 0 Å². The van der Waals surface area contributed by atoms with Gasteiger partial charge in [-0.1, -0.05) is 35.9 Å². The van der Waals surface area contributed by atoms with E-state index in [4.69, 9.17) is 5.26 Å². The van der Waals surface area contributed by atoms with Gasteiger partial charge in [0.25, 0.3) is 0 Å². The SMILES string of the molecule is C/C=C(C#N)\C=C1/CCc2ccccc2C(=O)C1. The van der Waals surface area contributed by atoms with Gasteiger partial charge < -0.3 is 0 Å². The molecule has 2 rings (SSSR count). The van der Waals surface area contributed by atoms with Crippen LogP contribution in [0.15, 0.2) is 47.6 Å². The van der Waals surface area contributed by atoms with E-state index in [1.54, 1.807) is 6.08 Å². The van der Waals surface area contributed by atoms with E-state index >= 15 is 0 Å². The van der Waals surface area contributed by atoms with Crippen LogP contribution in [0.2, 0.25) is 0 Å². The summed E-state index contributed by atoms with van der Waals surface area (Å²) in [6, 6.07) is 9.90. The van der Waals surface area contributed by atoms with Gasteiger partial charge in [0.15, 0.2) is 5.78 Å². The number of nitrogens with zero attached hydrogens (tertiary/aromatic N) is 1. The first-order chi connectivity index (χ1) is 8.74. The minimum Gasteiger partial charge on any atom is -0.294 e. The first-order valence-electron chi connectivity index (χ1n) is 6.11. The van der Waals surface area contributed by atoms with Crippen LogP contribution in [0.3, 0.4) is 0 Å². The van der Waals surface area contributed by atoms with Crippen LogP contribution in [0.25, 0.3) is 0 Å². The molecule has 0 unspecified atom stereocenters. The highest BCUT2D eigenvalue weighted by molar-refractivity contribution is 5.99. The van der Waals surface area contributed by atoms with E-state index in [2.05, 4.69) is 6.07 Å². The van der Waals surface area contributed by atoms with Gasteiger partial charge in [-0.3, -0.25) is 4.79 Å². The third-order valence-corrected chi connectivity index (χ3v) is 3.22. The average Bonchev–Trinajstić information content (AvgIpc) is 2.56. The van der Waals surface area contributed by atoms with Crippen molar-refractivity contribution in [1.29, 1.82) is 5.26 Å². The summed E-state index contributed by atoms with van der Waals surface area (Å²) in [5, 5.41) is 8.92. The van der Waals surface area contributed by atoms with E-state index in [1.807, 2.05) is 37.3 Å². The van der Waals surface area contributed by atoms with Crippen LogP contribution in [0, 0.1) is 11.3 Å². The predicted octanol–water partition coefficient (Wildman–Crippen LogP) is 3.60. The van der Waals surface area contributed by atoms with Crippen LogP contribution >= 0.6 is 0 Å². The third-order valence-electron chi connectivity index (χ3n) is 3.22. The van der Waals surface area contributed by atoms with Gasteiger partial charge in [0.05, 0.1) is 6.07 Å². The maximum absolute atomic E-state index is 12.1. The molecular formula is C16H15NO. The summed E-state index contributed by atoms with van der Waals surface area (Å²) in [6.45, 7) is 1.84. The monoisotopic (exact) mass is 237 g/mol. The molecule has 0 saturated carbocycles. The van der Waals surface area contributed by atoms with Gasteiger partial charge in [0.2, 0.25) is 0 Å². The number of carbonyl (C=O) groups excluding carboxylic acids is 1. The Hall–Kier alpha value is -2.14. The third kappa shape index (κ3) is 2.57. The summed E-state index contributed by atoms with van der Waals surface area (Å²) >= 11 is 0. The van der Waals surface area contributed by atoms with Gasteiger partial charge in [0, 0.05) is 17.6 Å². The van der Waals surface area contributed by atoms with E-state index in [-0.39, 0.29) is 5.78 Å². The number of ketones is 1. The van der Waals surface area contributed by atoms with Crippen molar-refractivity contribution in [3.63, 3.8) is 0 Å². The lowest BCUT2D eigenvalue weighted by Crippen LogP contribution is -2.00. The Morgan fingerprint density at radius 2 is 2.11 bits per heavy atom. The van der Waals surface area contributed by atoms with Crippen LogP contribution in [0.5, 0.6) is 0 Å². The van der Waals surface area contributed by atoms with Gasteiger partial charge in [-0.2, -0.15) is 5.26 Å². The minimum absolute atomic E-state index is 0.155. The number of carbonyl (C=O) groups is 1. The van der Waals surface area contributed by atoms with Crippen molar-refractivity contribution in [3.8, 4) is 6.07 Å². The van der Waals surface area contributed by atoms with E-state index in [1.165, 1.54) is 0 Å². The van der Waals surface area contributed by atoms with Crippen LogP contribution in [-0.2, 0) is 6.42 Å². The normalized spacial score (nSPS) is 18.1. The number of allylic oxidation sites excluding steroid dienone is 4. The summed E-state index contributed by atoms with van der Waals surface area (Å²) in [4.78, 5) is 12.1. The molecule has 0 aromatic heterocycles. The lowest BCUT2D eigenvalue weighted by Gasteiger charge is -2.01. The second-order valence-electron chi connectivity index (χ2n) is 4.42. The quantitative estimate of drug-likeness (QED) is 0.553. The second-order valence-corrected chi connectivity index (χ2v) is 4.42. The maximum Gasteiger partial charge on any atom is 0.167 e. The van der Waals surface area contributed by atoms with Crippen molar-refractivity contribution >= 4 is 5.78 Å². The topological polar surface area (TPSA) is 40.9 Å². The molecule has 0 heterocycles. The number of benzene rings is 1. The number of rotatable bonds is 1. The predicted molar refractivity (Wildman–Crippen MR) is 71.2 cm³/mol. The standard InChI is InChI=1S/C16H15NO/c1-2-12(11-17)9-13-7-8-14-5-3-4-6-15(14)16(18)10-13/h2-6,9H,7-8,10H2,1H3/b12-2+,13-9+. The molecule has 0 radical (unpaired) electrons. The van der Waals surface area contributed by atoms with Crippen molar-refractivity contribution < 1.29 is 4.79 Å². The van der Waals surface area contributed by atoms with Crippen molar-refractivity contribution in [3.05, 3.63) is 58.7 Å². The fraction of sp³-hybridized carbons (Fsp3) is 0.250. The van der Waals surface area contributed by atoms with Crippen molar-refractivity contribution in [2.45, 2.75) is 26.2 Å². The Morgan fingerprint density at radius 3 is 2.83 bits per heavy atom. The summed E-state index contributed by atoms with van der Waals surface area (Å²) in [5.41, 5.74) is 3.62. The molecule has 2 heteroatoms. The molecule has 0 saturated heterocycles. The molecule has 0 N–H and O–H groups in total. The number of nitriles is 1. The van der Waals surface area contributed by atoms with Gasteiger partial charge >= 0.3 is 0 Å². The van der Waals surface area contributed by atoms with Crippen LogP contribution in [0.1, 0.15) is 35.7 Å². The number of hydrogen-bond acceptors (Lipinski definition) is 2. The number of Topliss-reactive ketones (excluding diaryl/α,β-unsaturated/α-hetero) is 1. The summed E-state index contributed by atoms with van der Waals surface area (Å²) in [7, 11) is 0. The Morgan fingerprint density at radius 1 is 1.33 bits per heavy atom. The zero-order valence-electron chi connectivity index (χ0n) is 10.4. The van der Waals surface area contributed by atoms with Gasteiger partial charge in [-0.15, -0.1) is 0 Å². The lowest BCUT2D eigenvalue weighted by atomic mass is 10.0. The molecule has 1 aliphatic rings. The van der Waals surface area contributed by atoms with Crippen LogP contribution in [-0.4, -0.2) is 5.78 Å². The summed E-state index contributed by atoms with van der Waals surface area (Å²) in [5.74, 6) is 0.155. The van der Waals surface area contributed by atoms with Crippen molar-refractivity contribution in [1.82, 2.24) is 0 Å². The highest BCUT2D eigenvalue weighted by atomic mass is 16.1. The molecule has 18 heavy (non-hydrogen) atoms. The number of fused-ring (bicyclic) bond motifs is 1. The Labute approximate surface area is 107 Å². The molecule has 2 nitrogen and oxygen atoms in total. The van der Waals surface area contributed by atoms with E-state index in [0.29, 0.717) is 12.0 Å². The highest BCUT2D eigenvalue weighted by Crippen LogP contribution is 2.24. The van der Waals surface area contributed by atoms with Crippen LogP contribution < -0.4 is 0 Å². The smallest absolute Gasteiger partial charge is 0.167 e. The summed E-state index contributed by atoms with van der Waals surface area (Å²) < 4.78 is 0. The lowest BCUT2D eigenvalue weighted by molar-refractivity contribution is 0.0993. The molecule has 0 amide bonds. The number of aryl methyl sites for hydroxylation is 1. The average molecular weight is 237 g/mol. The summed E-state index contributed by atoms with van der Waals surface area (Å²) in [6.07, 6.45) is 5.77. The molecule has 0 atom stereocenters. The zero-order valence-corrected chi connectivity index (χ0v) is 10.4. The Balaban J connectivity index is 2.30. The molecule has 90 valence electrons. The number of hydrogen-bond donors (Lipinski definition) is 0. The van der Waals surface area contributed by atoms with Crippen molar-refractivity contribution in [2.24, 2.45) is 0 Å². The molecule has 1 aromatic rings. The van der Waals surface area contributed by atoms with Gasteiger partial charge in [0.1, 0.15) is 0 Å². The van der Waals surface area contributed by atoms with Crippen molar-refractivity contribution in [2.75, 3.05) is 0 Å². The molecule has 0 aliphatic heterocycles. The first kappa shape index (κ1) is 12.3. The minimum atomic E-state index is 0.155. The fourth-order valence-electron chi connectivity index (χ4n) is 2.22. The van der Waals surface area contributed by atoms with E-state index in [9.17, 15) is 4.79 Å². The second kappa shape index (κ2) is 5.46. The fourth-order valence-corrected chi connectivity index (χ4v) is 2.22. The van der Waals surface area contributed by atoms with Gasteiger partial charge in [-0.25, -0.2) is 0 Å². The molecule has 0 bridgehead atoms. The van der Waals surface area contributed by atoms with Gasteiger partial charge in [-0.05, 0) is 31.4 Å². The maximum atomic E-state index is 12.1. The Kier molecular flexibility index (Phi) is 3.74. The first-order valence-corrected chi connectivity index (χ1v) is 6.11. The Bertz CT molecular complexity index is 573. The molecule has 0 fully saturated rings. The molecule has 0 spiro atoms. The zero-order chi connectivity index (χ0) is 13.0. The highest BCUT2D eigenvalue weighted by Gasteiger charge is 2.17. The molecule has 1 aliphatic carbocycles. The van der Waals surface area contributed by atoms with E-state index in [0.717, 1.165) is 29.5 Å². The molecule has 1 aromatic carbocycles. The largest absolute Gasteiger partial charge is 0.294 e. The molecular weight excluding hydrogens is 222 g/mol.